The molecule has 0 radical (unpaired) electrons. The van der Waals surface area contributed by atoms with Gasteiger partial charge < -0.3 is 9.62 Å². The zero-order chi connectivity index (χ0) is 13.7. The average Bonchev–Trinajstić information content (AvgIpc) is 2.46. The van der Waals surface area contributed by atoms with Gasteiger partial charge in [-0.25, -0.2) is 9.18 Å². The predicted octanol–water partition coefficient (Wildman–Crippen LogP) is 3.26. The Hall–Kier alpha value is -1.62. The van der Waals surface area contributed by atoms with Crippen LogP contribution >= 0.6 is 0 Å². The average molecular weight is 268 g/mol. The second-order valence-electron chi connectivity index (χ2n) is 4.55. The molecule has 4 nitrogen and oxygen atoms in total. The maximum atomic E-state index is 14.0. The third-order valence-electron chi connectivity index (χ3n) is 3.19. The van der Waals surface area contributed by atoms with E-state index in [-0.39, 0.29) is 17.4 Å². The summed E-state index contributed by atoms with van der Waals surface area (Å²) < 4.78 is 18.4. The lowest BCUT2D eigenvalue weighted by Crippen LogP contribution is -2.19. The summed E-state index contributed by atoms with van der Waals surface area (Å²) in [5, 5.41) is 0. The van der Waals surface area contributed by atoms with Crippen LogP contribution in [0.4, 0.5) is 4.39 Å². The van der Waals surface area contributed by atoms with Crippen LogP contribution in [0.2, 0.25) is 0 Å². The lowest BCUT2D eigenvalue weighted by atomic mass is 9.98. The minimum Gasteiger partial charge on any atom is -0.465 e. The van der Waals surface area contributed by atoms with E-state index < -0.39 is 11.8 Å². The summed E-state index contributed by atoms with van der Waals surface area (Å²) in [6.45, 7) is 0. The number of halogens is 1. The van der Waals surface area contributed by atoms with Crippen molar-refractivity contribution in [3.05, 3.63) is 29.6 Å². The minimum atomic E-state index is -0.759. The van der Waals surface area contributed by atoms with Crippen LogP contribution in [0, 0.1) is 5.82 Å². The molecule has 19 heavy (non-hydrogen) atoms. The molecule has 0 saturated heterocycles. The topological polar surface area (TPSA) is 44.8 Å². The van der Waals surface area contributed by atoms with E-state index in [1.54, 1.807) is 0 Å². The Morgan fingerprint density at radius 1 is 1.26 bits per heavy atom. The zero-order valence-corrected chi connectivity index (χ0v) is 10.9. The molecule has 104 valence electrons. The maximum Gasteiger partial charge on any atom is 0.340 e. The first-order chi connectivity index (χ1) is 9.22. The zero-order valence-electron chi connectivity index (χ0n) is 10.9. The van der Waals surface area contributed by atoms with Gasteiger partial charge in [-0.2, -0.15) is 4.89 Å². The van der Waals surface area contributed by atoms with Gasteiger partial charge in [-0.1, -0.05) is 25.3 Å². The van der Waals surface area contributed by atoms with Crippen LogP contribution in [0.1, 0.15) is 42.5 Å². The van der Waals surface area contributed by atoms with Gasteiger partial charge in [0.15, 0.2) is 5.82 Å². The maximum absolute atomic E-state index is 14.0. The van der Waals surface area contributed by atoms with Gasteiger partial charge in [-0.15, -0.1) is 0 Å². The number of hydrogen-bond donors (Lipinski definition) is 0. The van der Waals surface area contributed by atoms with Crippen molar-refractivity contribution >= 4 is 5.97 Å². The van der Waals surface area contributed by atoms with Crippen LogP contribution in [-0.2, 0) is 9.62 Å². The molecule has 5 heteroatoms. The van der Waals surface area contributed by atoms with Crippen molar-refractivity contribution in [3.8, 4) is 5.75 Å². The summed E-state index contributed by atoms with van der Waals surface area (Å²) in [7, 11) is 1.20. The predicted molar refractivity (Wildman–Crippen MR) is 66.3 cm³/mol. The summed E-state index contributed by atoms with van der Waals surface area (Å²) >= 11 is 0. The number of carbonyl (C=O) groups is 1. The highest BCUT2D eigenvalue weighted by Gasteiger charge is 2.19. The van der Waals surface area contributed by atoms with Gasteiger partial charge >= 0.3 is 5.97 Å². The van der Waals surface area contributed by atoms with Crippen molar-refractivity contribution in [1.82, 2.24) is 0 Å². The first-order valence-corrected chi connectivity index (χ1v) is 6.42. The molecule has 0 amide bonds. The highest BCUT2D eigenvalue weighted by molar-refractivity contribution is 5.90. The Labute approximate surface area is 111 Å². The largest absolute Gasteiger partial charge is 0.465 e. The van der Waals surface area contributed by atoms with Crippen LogP contribution in [0.25, 0.3) is 0 Å². The molecule has 1 fully saturated rings. The number of rotatable bonds is 4. The van der Waals surface area contributed by atoms with Crippen molar-refractivity contribution in [2.45, 2.75) is 38.2 Å². The van der Waals surface area contributed by atoms with Crippen LogP contribution in [0.15, 0.2) is 18.2 Å². The third-order valence-corrected chi connectivity index (χ3v) is 3.19. The summed E-state index contributed by atoms with van der Waals surface area (Å²) in [4.78, 5) is 21.6. The molecule has 2 rings (SSSR count). The first-order valence-electron chi connectivity index (χ1n) is 6.42. The molecule has 1 aromatic carbocycles. The Morgan fingerprint density at radius 3 is 2.68 bits per heavy atom. The van der Waals surface area contributed by atoms with Crippen LogP contribution in [0.3, 0.4) is 0 Å². The fraction of sp³-hybridized carbons (Fsp3) is 0.500. The summed E-state index contributed by atoms with van der Waals surface area (Å²) in [5.41, 5.74) is -0.160. The smallest absolute Gasteiger partial charge is 0.340 e. The molecule has 0 aromatic heterocycles. The van der Waals surface area contributed by atoms with Gasteiger partial charge in [0.2, 0.25) is 5.75 Å². The fourth-order valence-corrected chi connectivity index (χ4v) is 2.12. The van der Waals surface area contributed by atoms with Gasteiger partial charge in [0.05, 0.1) is 12.7 Å². The molecule has 1 saturated carbocycles. The van der Waals surface area contributed by atoms with Crippen molar-refractivity contribution < 1.29 is 23.7 Å². The number of esters is 1. The van der Waals surface area contributed by atoms with Crippen molar-refractivity contribution in [2.24, 2.45) is 0 Å². The van der Waals surface area contributed by atoms with E-state index in [1.165, 1.54) is 31.7 Å². The van der Waals surface area contributed by atoms with E-state index in [1.807, 2.05) is 0 Å². The molecular weight excluding hydrogens is 251 g/mol. The normalized spacial score (nSPS) is 16.1. The first kappa shape index (κ1) is 13.8. The van der Waals surface area contributed by atoms with Crippen LogP contribution in [0.5, 0.6) is 5.75 Å². The Morgan fingerprint density at radius 2 is 2.00 bits per heavy atom. The molecular formula is C14H17FO4. The van der Waals surface area contributed by atoms with E-state index in [4.69, 9.17) is 9.78 Å². The molecule has 0 unspecified atom stereocenters. The monoisotopic (exact) mass is 268 g/mol. The van der Waals surface area contributed by atoms with Crippen LogP contribution in [-0.4, -0.2) is 19.2 Å². The lowest BCUT2D eigenvalue weighted by Gasteiger charge is -2.20. The molecule has 1 aliphatic carbocycles. The molecule has 0 atom stereocenters. The van der Waals surface area contributed by atoms with Gasteiger partial charge in [0.25, 0.3) is 0 Å². The van der Waals surface area contributed by atoms with E-state index in [0.717, 1.165) is 25.7 Å². The van der Waals surface area contributed by atoms with Crippen molar-refractivity contribution in [3.63, 3.8) is 0 Å². The minimum absolute atomic E-state index is 0.00469. The number of hydrogen-bond acceptors (Lipinski definition) is 4. The van der Waals surface area contributed by atoms with E-state index in [0.29, 0.717) is 0 Å². The lowest BCUT2D eigenvalue weighted by molar-refractivity contribution is -0.252. The van der Waals surface area contributed by atoms with Gasteiger partial charge in [0, 0.05) is 0 Å². The van der Waals surface area contributed by atoms with E-state index in [9.17, 15) is 9.18 Å². The number of methoxy groups -OCH3 is 1. The second-order valence-corrected chi connectivity index (χ2v) is 4.55. The molecule has 0 bridgehead atoms. The fourth-order valence-electron chi connectivity index (χ4n) is 2.12. The number of ether oxygens (including phenoxy) is 1. The Bertz CT molecular complexity index is 441. The molecule has 0 spiro atoms. The van der Waals surface area contributed by atoms with E-state index in [2.05, 4.69) is 4.74 Å². The third kappa shape index (κ3) is 3.44. The van der Waals surface area contributed by atoms with Crippen LogP contribution < -0.4 is 4.89 Å². The molecule has 0 heterocycles. The summed E-state index contributed by atoms with van der Waals surface area (Å²) in [6.07, 6.45) is 5.22. The van der Waals surface area contributed by atoms with Gasteiger partial charge in [0.1, 0.15) is 6.10 Å². The molecule has 1 aliphatic rings. The second kappa shape index (κ2) is 6.52. The summed E-state index contributed by atoms with van der Waals surface area (Å²) in [5.74, 6) is -1.58. The highest BCUT2D eigenvalue weighted by Crippen LogP contribution is 2.25. The van der Waals surface area contributed by atoms with Crippen molar-refractivity contribution in [1.29, 1.82) is 0 Å². The van der Waals surface area contributed by atoms with Gasteiger partial charge in [-0.05, 0) is 25.0 Å². The molecule has 0 N–H and O–H groups in total. The number of benzene rings is 1. The van der Waals surface area contributed by atoms with E-state index >= 15 is 0 Å². The quantitative estimate of drug-likeness (QED) is 0.477. The highest BCUT2D eigenvalue weighted by atomic mass is 19.1. The SMILES string of the molecule is COC(=O)c1cccc(OOC2CCCCC2)c1F. The Balaban J connectivity index is 2.01. The van der Waals surface area contributed by atoms with Gasteiger partial charge in [-0.3, -0.25) is 0 Å². The molecule has 1 aromatic rings. The Kier molecular flexibility index (Phi) is 4.74. The standard InChI is InChI=1S/C14H17FO4/c1-17-14(16)11-8-5-9-12(13(11)15)19-18-10-6-3-2-4-7-10/h5,8-10H,2-4,6-7H2,1H3. The summed E-state index contributed by atoms with van der Waals surface area (Å²) in [6, 6.07) is 4.29. The number of carbonyl (C=O) groups excluding carboxylic acids is 1. The molecule has 0 aliphatic heterocycles. The van der Waals surface area contributed by atoms with Crippen molar-refractivity contribution in [2.75, 3.05) is 7.11 Å².